The van der Waals surface area contributed by atoms with E-state index in [2.05, 4.69) is 35.5 Å². The van der Waals surface area contributed by atoms with Gasteiger partial charge in [0.2, 0.25) is 0 Å². The number of rotatable bonds is 4. The minimum atomic E-state index is 0.159. The normalized spacial score (nSPS) is 12.9. The van der Waals surface area contributed by atoms with Crippen LogP contribution in [0.5, 0.6) is 0 Å². The van der Waals surface area contributed by atoms with Crippen molar-refractivity contribution in [2.75, 3.05) is 0 Å². The van der Waals surface area contributed by atoms with E-state index < -0.39 is 0 Å². The fourth-order valence-electron chi connectivity index (χ4n) is 1.75. The number of benzene rings is 1. The molecule has 1 aromatic carbocycles. The predicted octanol–water partition coefficient (Wildman–Crippen LogP) is 2.53. The molecule has 0 amide bonds. The van der Waals surface area contributed by atoms with Crippen LogP contribution in [0.2, 0.25) is 0 Å². The Kier molecular flexibility index (Phi) is 3.59. The van der Waals surface area contributed by atoms with E-state index in [4.69, 9.17) is 5.73 Å². The predicted molar refractivity (Wildman–Crippen MR) is 70.5 cm³/mol. The maximum Gasteiger partial charge on any atom is 0.0951 e. The molecule has 3 nitrogen and oxygen atoms in total. The fourth-order valence-corrected chi connectivity index (χ4v) is 1.75. The number of hydrogen-bond donors (Lipinski definition) is 1. The van der Waals surface area contributed by atoms with E-state index in [-0.39, 0.29) is 6.04 Å². The molecule has 1 unspecified atom stereocenters. The van der Waals surface area contributed by atoms with Gasteiger partial charge in [0.25, 0.3) is 0 Å². The van der Waals surface area contributed by atoms with Crippen LogP contribution in [0.1, 0.15) is 13.8 Å². The van der Waals surface area contributed by atoms with Crippen molar-refractivity contribution in [3.8, 4) is 11.3 Å². The van der Waals surface area contributed by atoms with E-state index in [9.17, 15) is 0 Å². The molecule has 3 heteroatoms. The van der Waals surface area contributed by atoms with E-state index in [0.717, 1.165) is 12.2 Å². The molecule has 2 rings (SSSR count). The first-order valence-electron chi connectivity index (χ1n) is 5.99. The van der Waals surface area contributed by atoms with Gasteiger partial charge in [-0.3, -0.25) is 0 Å². The van der Waals surface area contributed by atoms with Crippen LogP contribution in [-0.2, 0) is 6.54 Å². The third kappa shape index (κ3) is 2.74. The summed E-state index contributed by atoms with van der Waals surface area (Å²) in [5, 5.41) is 0. The summed E-state index contributed by atoms with van der Waals surface area (Å²) in [6, 6.07) is 10.4. The third-order valence-corrected chi connectivity index (χ3v) is 3.05. The second kappa shape index (κ2) is 5.15. The van der Waals surface area contributed by atoms with Gasteiger partial charge >= 0.3 is 0 Å². The number of nitrogens with zero attached hydrogens (tertiary/aromatic N) is 2. The Bertz CT molecular complexity index is 459. The van der Waals surface area contributed by atoms with Crippen LogP contribution in [-0.4, -0.2) is 15.6 Å². The maximum atomic E-state index is 6.11. The van der Waals surface area contributed by atoms with Gasteiger partial charge in [-0.15, -0.1) is 0 Å². The van der Waals surface area contributed by atoms with Gasteiger partial charge in [0, 0.05) is 12.6 Å². The molecule has 1 heterocycles. The molecule has 1 aromatic heterocycles. The summed E-state index contributed by atoms with van der Waals surface area (Å²) >= 11 is 0. The minimum absolute atomic E-state index is 0.159. The van der Waals surface area contributed by atoms with E-state index in [1.165, 1.54) is 5.56 Å². The Morgan fingerprint density at radius 2 is 1.94 bits per heavy atom. The highest BCUT2D eigenvalue weighted by Crippen LogP contribution is 2.19. The molecular weight excluding hydrogens is 210 g/mol. The van der Waals surface area contributed by atoms with Crippen LogP contribution in [0.3, 0.4) is 0 Å². The van der Waals surface area contributed by atoms with Crippen molar-refractivity contribution >= 4 is 0 Å². The smallest absolute Gasteiger partial charge is 0.0951 e. The van der Waals surface area contributed by atoms with Crippen molar-refractivity contribution in [3.05, 3.63) is 42.9 Å². The van der Waals surface area contributed by atoms with Crippen molar-refractivity contribution in [2.24, 2.45) is 11.7 Å². The molecule has 2 aromatic rings. The highest BCUT2D eigenvalue weighted by Gasteiger charge is 2.11. The van der Waals surface area contributed by atoms with Gasteiger partial charge in [-0.05, 0) is 11.5 Å². The second-order valence-electron chi connectivity index (χ2n) is 4.71. The van der Waals surface area contributed by atoms with Gasteiger partial charge in [-0.25, -0.2) is 4.98 Å². The Hall–Kier alpha value is -1.61. The summed E-state index contributed by atoms with van der Waals surface area (Å²) in [4.78, 5) is 4.22. The molecule has 0 bridgehead atoms. The van der Waals surface area contributed by atoms with Crippen LogP contribution in [0, 0.1) is 5.92 Å². The molecule has 2 N–H and O–H groups in total. The third-order valence-electron chi connectivity index (χ3n) is 3.05. The molecule has 0 saturated heterocycles. The molecule has 17 heavy (non-hydrogen) atoms. The van der Waals surface area contributed by atoms with Gasteiger partial charge in [0.05, 0.1) is 18.2 Å². The second-order valence-corrected chi connectivity index (χ2v) is 4.71. The zero-order valence-corrected chi connectivity index (χ0v) is 10.4. The summed E-state index contributed by atoms with van der Waals surface area (Å²) in [6.45, 7) is 5.09. The lowest BCUT2D eigenvalue weighted by Gasteiger charge is -2.17. The van der Waals surface area contributed by atoms with E-state index in [1.54, 1.807) is 0 Å². The SMILES string of the molecule is CC(C)C(N)Cn1cncc1-c1ccccc1. The summed E-state index contributed by atoms with van der Waals surface area (Å²) in [7, 11) is 0. The molecule has 0 aliphatic heterocycles. The van der Waals surface area contributed by atoms with Crippen molar-refractivity contribution in [1.29, 1.82) is 0 Å². The molecule has 1 atom stereocenters. The van der Waals surface area contributed by atoms with E-state index in [1.807, 2.05) is 30.7 Å². The van der Waals surface area contributed by atoms with Crippen LogP contribution >= 0.6 is 0 Å². The Labute approximate surface area is 102 Å². The molecule has 0 fully saturated rings. The first-order valence-corrected chi connectivity index (χ1v) is 5.99. The van der Waals surface area contributed by atoms with Crippen molar-refractivity contribution in [3.63, 3.8) is 0 Å². The number of nitrogens with two attached hydrogens (primary N) is 1. The molecule has 0 saturated carbocycles. The van der Waals surface area contributed by atoms with Crippen LogP contribution in [0.15, 0.2) is 42.9 Å². The lowest BCUT2D eigenvalue weighted by molar-refractivity contribution is 0.435. The lowest BCUT2D eigenvalue weighted by atomic mass is 10.1. The average molecular weight is 229 g/mol. The van der Waals surface area contributed by atoms with Crippen LogP contribution < -0.4 is 5.73 Å². The van der Waals surface area contributed by atoms with E-state index in [0.29, 0.717) is 5.92 Å². The van der Waals surface area contributed by atoms with Crippen LogP contribution in [0.25, 0.3) is 11.3 Å². The van der Waals surface area contributed by atoms with Crippen molar-refractivity contribution in [2.45, 2.75) is 26.4 Å². The summed E-state index contributed by atoms with van der Waals surface area (Å²) in [5.41, 5.74) is 8.41. The number of hydrogen-bond acceptors (Lipinski definition) is 2. The van der Waals surface area contributed by atoms with Gasteiger partial charge in [-0.2, -0.15) is 0 Å². The molecule has 0 aliphatic rings. The first-order chi connectivity index (χ1) is 8.18. The van der Waals surface area contributed by atoms with Crippen molar-refractivity contribution < 1.29 is 0 Å². The Balaban J connectivity index is 2.23. The molecular formula is C14H19N3. The fraction of sp³-hybridized carbons (Fsp3) is 0.357. The zero-order chi connectivity index (χ0) is 12.3. The summed E-state index contributed by atoms with van der Waals surface area (Å²) in [5.74, 6) is 0.473. The van der Waals surface area contributed by atoms with Gasteiger partial charge < -0.3 is 10.3 Å². The van der Waals surface area contributed by atoms with Gasteiger partial charge in [-0.1, -0.05) is 44.2 Å². The van der Waals surface area contributed by atoms with Crippen molar-refractivity contribution in [1.82, 2.24) is 9.55 Å². The number of imidazole rings is 1. The topological polar surface area (TPSA) is 43.8 Å². The lowest BCUT2D eigenvalue weighted by Crippen LogP contribution is -2.31. The van der Waals surface area contributed by atoms with E-state index >= 15 is 0 Å². The molecule has 0 spiro atoms. The largest absolute Gasteiger partial charge is 0.329 e. The average Bonchev–Trinajstić information content (AvgIpc) is 2.78. The quantitative estimate of drug-likeness (QED) is 0.875. The summed E-state index contributed by atoms with van der Waals surface area (Å²) in [6.07, 6.45) is 3.74. The minimum Gasteiger partial charge on any atom is -0.329 e. The molecule has 0 radical (unpaired) electrons. The molecule has 0 aliphatic carbocycles. The standard InChI is InChI=1S/C14H19N3/c1-11(2)13(15)9-17-10-16-8-14(17)12-6-4-3-5-7-12/h3-8,10-11,13H,9,15H2,1-2H3. The molecule has 90 valence electrons. The first kappa shape index (κ1) is 11.9. The zero-order valence-electron chi connectivity index (χ0n) is 10.4. The Morgan fingerprint density at radius 1 is 1.24 bits per heavy atom. The summed E-state index contributed by atoms with van der Waals surface area (Å²) < 4.78 is 2.12. The van der Waals surface area contributed by atoms with Gasteiger partial charge in [0.15, 0.2) is 0 Å². The van der Waals surface area contributed by atoms with Gasteiger partial charge in [0.1, 0.15) is 0 Å². The maximum absolute atomic E-state index is 6.11. The highest BCUT2D eigenvalue weighted by molar-refractivity contribution is 5.58. The monoisotopic (exact) mass is 229 g/mol. The Morgan fingerprint density at radius 3 is 2.59 bits per heavy atom. The highest BCUT2D eigenvalue weighted by atomic mass is 15.1. The van der Waals surface area contributed by atoms with Crippen LogP contribution in [0.4, 0.5) is 0 Å². The number of aromatic nitrogens is 2.